The highest BCUT2D eigenvalue weighted by atomic mass is 32.2. The first-order valence-electron chi connectivity index (χ1n) is 3.14. The third-order valence-electron chi connectivity index (χ3n) is 1.00. The highest BCUT2D eigenvalue weighted by Gasteiger charge is 2.22. The molecule has 0 radical (unpaired) electrons. The first kappa shape index (κ1) is 11.3. The molecule has 1 N–H and O–H groups in total. The zero-order valence-electron chi connectivity index (χ0n) is 6.13. The maximum atomic E-state index is 11.6. The van der Waals surface area contributed by atoms with Crippen molar-refractivity contribution >= 4 is 10.0 Å². The van der Waals surface area contributed by atoms with Gasteiger partial charge in [-0.2, -0.15) is 14.0 Å². The third-order valence-corrected chi connectivity index (χ3v) is 2.08. The van der Waals surface area contributed by atoms with Gasteiger partial charge in [0.2, 0.25) is 0 Å². The standard InChI is InChI=1S/C5H8F2N2O2S/c6-5(7)12(10,11)9-4-2-1-3-8/h5,9H,1-2,4H2. The maximum Gasteiger partial charge on any atom is 0.350 e. The lowest BCUT2D eigenvalue weighted by Crippen LogP contribution is -2.30. The van der Waals surface area contributed by atoms with E-state index in [1.165, 1.54) is 0 Å². The molecule has 4 nitrogen and oxygen atoms in total. The number of sulfonamides is 1. The number of nitriles is 1. The van der Waals surface area contributed by atoms with E-state index in [1.807, 2.05) is 0 Å². The van der Waals surface area contributed by atoms with E-state index in [9.17, 15) is 17.2 Å². The van der Waals surface area contributed by atoms with Gasteiger partial charge in [-0.3, -0.25) is 0 Å². The molecule has 0 rings (SSSR count). The average Bonchev–Trinajstić information content (AvgIpc) is 1.98. The number of unbranched alkanes of at least 4 members (excludes halogenated alkanes) is 1. The molecule has 0 atom stereocenters. The Morgan fingerprint density at radius 3 is 2.50 bits per heavy atom. The van der Waals surface area contributed by atoms with Gasteiger partial charge in [0.25, 0.3) is 10.0 Å². The van der Waals surface area contributed by atoms with E-state index in [2.05, 4.69) is 0 Å². The van der Waals surface area contributed by atoms with Crippen LogP contribution in [0.3, 0.4) is 0 Å². The van der Waals surface area contributed by atoms with E-state index in [0.717, 1.165) is 0 Å². The molecule has 70 valence electrons. The van der Waals surface area contributed by atoms with Crippen LogP contribution in [0, 0.1) is 11.3 Å². The monoisotopic (exact) mass is 198 g/mol. The van der Waals surface area contributed by atoms with Crippen LogP contribution in [-0.2, 0) is 10.0 Å². The fourth-order valence-electron chi connectivity index (χ4n) is 0.445. The SMILES string of the molecule is N#CCCCNS(=O)(=O)C(F)F. The summed E-state index contributed by atoms with van der Waals surface area (Å²) in [6.45, 7) is -0.125. The molecule has 0 aromatic heterocycles. The molecule has 0 heterocycles. The van der Waals surface area contributed by atoms with Crippen molar-refractivity contribution in [3.05, 3.63) is 0 Å². The van der Waals surface area contributed by atoms with Gasteiger partial charge in [-0.05, 0) is 6.42 Å². The highest BCUT2D eigenvalue weighted by molar-refractivity contribution is 7.89. The quantitative estimate of drug-likeness (QED) is 0.651. The molecule has 0 aromatic rings. The minimum Gasteiger partial charge on any atom is -0.210 e. The van der Waals surface area contributed by atoms with Crippen molar-refractivity contribution in [1.82, 2.24) is 4.72 Å². The third kappa shape index (κ3) is 4.20. The van der Waals surface area contributed by atoms with Gasteiger partial charge < -0.3 is 0 Å². The predicted molar refractivity (Wildman–Crippen MR) is 37.8 cm³/mol. The molecule has 0 aliphatic heterocycles. The van der Waals surface area contributed by atoms with Gasteiger partial charge in [0, 0.05) is 13.0 Å². The van der Waals surface area contributed by atoms with Crippen molar-refractivity contribution in [3.63, 3.8) is 0 Å². The molecule has 0 saturated heterocycles. The second kappa shape index (κ2) is 5.00. The van der Waals surface area contributed by atoms with Crippen LogP contribution in [0.4, 0.5) is 8.78 Å². The molecular weight excluding hydrogens is 190 g/mol. The zero-order valence-corrected chi connectivity index (χ0v) is 6.94. The summed E-state index contributed by atoms with van der Waals surface area (Å²) in [5, 5.41) is 8.03. The van der Waals surface area contributed by atoms with Gasteiger partial charge in [0.15, 0.2) is 0 Å². The van der Waals surface area contributed by atoms with Crippen LogP contribution in [0.25, 0.3) is 0 Å². The van der Waals surface area contributed by atoms with Crippen LogP contribution in [0.2, 0.25) is 0 Å². The molecule has 0 amide bonds. The number of alkyl halides is 2. The molecule has 0 fully saturated rings. The van der Waals surface area contributed by atoms with Gasteiger partial charge in [-0.1, -0.05) is 0 Å². The fraction of sp³-hybridized carbons (Fsp3) is 0.800. The van der Waals surface area contributed by atoms with Gasteiger partial charge in [0.1, 0.15) is 0 Å². The summed E-state index contributed by atoms with van der Waals surface area (Å²) in [7, 11) is -4.47. The van der Waals surface area contributed by atoms with Crippen molar-refractivity contribution in [2.24, 2.45) is 0 Å². The fourth-order valence-corrected chi connectivity index (χ4v) is 1.000. The van der Waals surface area contributed by atoms with E-state index in [0.29, 0.717) is 0 Å². The molecule has 0 bridgehead atoms. The molecule has 0 unspecified atom stereocenters. The van der Waals surface area contributed by atoms with E-state index in [-0.39, 0.29) is 19.4 Å². The van der Waals surface area contributed by atoms with Crippen LogP contribution in [0.1, 0.15) is 12.8 Å². The Hall–Kier alpha value is -0.740. The van der Waals surface area contributed by atoms with E-state index in [1.54, 1.807) is 10.8 Å². The van der Waals surface area contributed by atoms with E-state index in [4.69, 9.17) is 5.26 Å². The number of hydrogen-bond donors (Lipinski definition) is 1. The lowest BCUT2D eigenvalue weighted by molar-refractivity contribution is 0.232. The highest BCUT2D eigenvalue weighted by Crippen LogP contribution is 2.01. The lowest BCUT2D eigenvalue weighted by atomic mass is 10.3. The van der Waals surface area contributed by atoms with Gasteiger partial charge in [-0.15, -0.1) is 0 Å². The largest absolute Gasteiger partial charge is 0.350 e. The Kier molecular flexibility index (Phi) is 4.70. The Labute approximate surface area is 69.2 Å². The number of nitrogens with zero attached hydrogens (tertiary/aromatic N) is 1. The Bertz CT molecular complexity index is 257. The predicted octanol–water partition coefficient (Wildman–Crippen LogP) is 0.432. The molecule has 0 aliphatic rings. The van der Waals surface area contributed by atoms with E-state index >= 15 is 0 Å². The summed E-state index contributed by atoms with van der Waals surface area (Å²) in [6.07, 6.45) is 0.383. The smallest absolute Gasteiger partial charge is 0.210 e. The summed E-state index contributed by atoms with van der Waals surface area (Å²) in [5.41, 5.74) is 0. The van der Waals surface area contributed by atoms with Crippen molar-refractivity contribution < 1.29 is 17.2 Å². The minimum atomic E-state index is -4.47. The molecular formula is C5H8F2N2O2S. The van der Waals surface area contributed by atoms with Crippen LogP contribution >= 0.6 is 0 Å². The van der Waals surface area contributed by atoms with Crippen molar-refractivity contribution in [2.75, 3.05) is 6.54 Å². The van der Waals surface area contributed by atoms with Gasteiger partial charge in [0.05, 0.1) is 6.07 Å². The number of rotatable bonds is 5. The van der Waals surface area contributed by atoms with Crippen molar-refractivity contribution in [2.45, 2.75) is 18.6 Å². The number of hydrogen-bond acceptors (Lipinski definition) is 3. The van der Waals surface area contributed by atoms with E-state index < -0.39 is 15.8 Å². The topological polar surface area (TPSA) is 70.0 Å². The zero-order chi connectivity index (χ0) is 9.61. The second-order valence-electron chi connectivity index (χ2n) is 1.96. The summed E-state index contributed by atoms with van der Waals surface area (Å²) < 4.78 is 45.6. The molecule has 12 heavy (non-hydrogen) atoms. The van der Waals surface area contributed by atoms with Gasteiger partial charge in [-0.25, -0.2) is 13.1 Å². The maximum absolute atomic E-state index is 11.6. The van der Waals surface area contributed by atoms with Crippen molar-refractivity contribution in [1.29, 1.82) is 5.26 Å². The Morgan fingerprint density at radius 2 is 2.08 bits per heavy atom. The summed E-state index contributed by atoms with van der Waals surface area (Å²) in [5.74, 6) is -3.40. The second-order valence-corrected chi connectivity index (χ2v) is 3.70. The molecule has 0 aliphatic carbocycles. The number of nitrogens with one attached hydrogen (secondary N) is 1. The summed E-state index contributed by atoms with van der Waals surface area (Å²) in [4.78, 5) is 0. The van der Waals surface area contributed by atoms with Crippen molar-refractivity contribution in [3.8, 4) is 6.07 Å². The number of halogens is 2. The molecule has 0 aromatic carbocycles. The minimum absolute atomic E-state index is 0.125. The normalized spacial score (nSPS) is 11.5. The first-order chi connectivity index (χ1) is 5.50. The Morgan fingerprint density at radius 1 is 1.50 bits per heavy atom. The first-order valence-corrected chi connectivity index (χ1v) is 4.69. The van der Waals surface area contributed by atoms with Crippen LogP contribution in [0.5, 0.6) is 0 Å². The van der Waals surface area contributed by atoms with Crippen LogP contribution in [-0.4, -0.2) is 20.7 Å². The lowest BCUT2D eigenvalue weighted by Gasteiger charge is -2.02. The molecule has 0 spiro atoms. The molecule has 0 saturated carbocycles. The summed E-state index contributed by atoms with van der Waals surface area (Å²) in [6, 6.07) is 1.76. The Balaban J connectivity index is 3.72. The van der Waals surface area contributed by atoms with Crippen LogP contribution < -0.4 is 4.72 Å². The molecule has 7 heteroatoms. The van der Waals surface area contributed by atoms with Crippen LogP contribution in [0.15, 0.2) is 0 Å². The summed E-state index contributed by atoms with van der Waals surface area (Å²) >= 11 is 0. The average molecular weight is 198 g/mol. The van der Waals surface area contributed by atoms with Gasteiger partial charge >= 0.3 is 5.76 Å².